The summed E-state index contributed by atoms with van der Waals surface area (Å²) in [6.45, 7) is 9.19. The predicted molar refractivity (Wildman–Crippen MR) is 90.0 cm³/mol. The smallest absolute Gasteiger partial charge is 0.0643 e. The van der Waals surface area contributed by atoms with Crippen LogP contribution in [0.5, 0.6) is 0 Å². The first-order valence-electron chi connectivity index (χ1n) is 8.51. The first-order chi connectivity index (χ1) is 10.2. The minimum Gasteiger partial charge on any atom is -0.296 e. The lowest BCUT2D eigenvalue weighted by atomic mass is 9.79. The molecule has 1 aromatic carbocycles. The average molecular weight is 289 g/mol. The lowest BCUT2D eigenvalue weighted by molar-refractivity contribution is 0.0617. The topological polar surface area (TPSA) is 41.3 Å². The Labute approximate surface area is 129 Å². The van der Waals surface area contributed by atoms with Crippen LogP contribution in [0.4, 0.5) is 0 Å². The first-order valence-corrected chi connectivity index (χ1v) is 8.51. The maximum Gasteiger partial charge on any atom is 0.0643 e. The quantitative estimate of drug-likeness (QED) is 0.597. The molecule has 0 saturated carbocycles. The zero-order chi connectivity index (χ0) is 15.3. The summed E-state index contributed by atoms with van der Waals surface area (Å²) in [5.41, 5.74) is 5.95. The zero-order valence-electron chi connectivity index (χ0n) is 13.9. The van der Waals surface area contributed by atoms with Gasteiger partial charge < -0.3 is 0 Å². The molecule has 21 heavy (non-hydrogen) atoms. The molecular weight excluding hydrogens is 258 g/mol. The van der Waals surface area contributed by atoms with Crippen molar-refractivity contribution < 1.29 is 0 Å². The fourth-order valence-electron chi connectivity index (χ4n) is 3.96. The van der Waals surface area contributed by atoms with Crippen molar-refractivity contribution in [3.05, 3.63) is 35.4 Å². The normalized spacial score (nSPS) is 18.1. The van der Waals surface area contributed by atoms with Crippen molar-refractivity contribution in [3.8, 4) is 0 Å². The highest BCUT2D eigenvalue weighted by Gasteiger charge is 2.42. The van der Waals surface area contributed by atoms with Gasteiger partial charge >= 0.3 is 0 Å². The Hall–Kier alpha value is -0.900. The van der Waals surface area contributed by atoms with Crippen LogP contribution in [-0.2, 0) is 6.42 Å². The number of hydrogen-bond acceptors (Lipinski definition) is 3. The van der Waals surface area contributed by atoms with Crippen LogP contribution in [0, 0.1) is 0 Å². The molecule has 1 unspecified atom stereocenters. The molecule has 1 aliphatic heterocycles. The number of nitrogens with one attached hydrogen (secondary N) is 1. The highest BCUT2D eigenvalue weighted by Crippen LogP contribution is 2.39. The summed E-state index contributed by atoms with van der Waals surface area (Å²) in [5.74, 6) is 6.00. The van der Waals surface area contributed by atoms with E-state index in [1.807, 2.05) is 0 Å². The van der Waals surface area contributed by atoms with Gasteiger partial charge in [-0.1, -0.05) is 45.0 Å². The molecule has 3 heteroatoms. The molecule has 3 nitrogen and oxygen atoms in total. The van der Waals surface area contributed by atoms with Gasteiger partial charge in [0.1, 0.15) is 0 Å². The Balaban J connectivity index is 2.33. The molecule has 0 amide bonds. The fraction of sp³-hybridized carbons (Fsp3) is 0.667. The van der Waals surface area contributed by atoms with Gasteiger partial charge in [0.15, 0.2) is 0 Å². The number of likely N-dealkylation sites (tertiary alicyclic amines) is 1. The van der Waals surface area contributed by atoms with E-state index < -0.39 is 0 Å². The Morgan fingerprint density at radius 1 is 1.10 bits per heavy atom. The summed E-state index contributed by atoms with van der Waals surface area (Å²) in [5, 5.41) is 0. The number of hydrogen-bond donors (Lipinski definition) is 2. The summed E-state index contributed by atoms with van der Waals surface area (Å²) in [6, 6.07) is 9.16. The summed E-state index contributed by atoms with van der Waals surface area (Å²) in [6.07, 6.45) is 5.95. The van der Waals surface area contributed by atoms with E-state index >= 15 is 0 Å². The van der Waals surface area contributed by atoms with Crippen molar-refractivity contribution in [1.29, 1.82) is 0 Å². The minimum absolute atomic E-state index is 0.124. The summed E-state index contributed by atoms with van der Waals surface area (Å²) >= 11 is 0. The van der Waals surface area contributed by atoms with Crippen molar-refractivity contribution in [1.82, 2.24) is 10.3 Å². The van der Waals surface area contributed by atoms with Crippen LogP contribution in [0.3, 0.4) is 0 Å². The lowest BCUT2D eigenvalue weighted by Gasteiger charge is -2.46. The molecular formula is C18H31N3. The number of hydrazine groups is 1. The van der Waals surface area contributed by atoms with Crippen molar-refractivity contribution in [3.63, 3.8) is 0 Å². The van der Waals surface area contributed by atoms with E-state index in [-0.39, 0.29) is 11.6 Å². The number of nitrogens with two attached hydrogens (primary N) is 1. The second-order valence-electron chi connectivity index (χ2n) is 6.20. The third-order valence-electron chi connectivity index (χ3n) is 5.39. The van der Waals surface area contributed by atoms with Gasteiger partial charge in [-0.05, 0) is 56.3 Å². The molecule has 0 spiro atoms. The Kier molecular flexibility index (Phi) is 5.80. The number of rotatable bonds is 7. The van der Waals surface area contributed by atoms with Crippen LogP contribution >= 0.6 is 0 Å². The maximum atomic E-state index is 6.00. The van der Waals surface area contributed by atoms with E-state index in [9.17, 15) is 0 Å². The molecule has 118 valence electrons. The van der Waals surface area contributed by atoms with Crippen molar-refractivity contribution in [2.24, 2.45) is 5.84 Å². The van der Waals surface area contributed by atoms with Crippen LogP contribution in [0.15, 0.2) is 24.3 Å². The molecule has 1 saturated heterocycles. The van der Waals surface area contributed by atoms with Gasteiger partial charge in [-0.15, -0.1) is 0 Å². The molecule has 3 N–H and O–H groups in total. The van der Waals surface area contributed by atoms with Gasteiger partial charge in [0.25, 0.3) is 0 Å². The van der Waals surface area contributed by atoms with Crippen molar-refractivity contribution in [2.45, 2.75) is 64.5 Å². The molecule has 0 aliphatic carbocycles. The van der Waals surface area contributed by atoms with Crippen LogP contribution in [0.1, 0.15) is 63.6 Å². The van der Waals surface area contributed by atoms with E-state index in [1.165, 1.54) is 37.1 Å². The van der Waals surface area contributed by atoms with Crippen LogP contribution in [-0.4, -0.2) is 23.5 Å². The maximum absolute atomic E-state index is 6.00. The molecule has 2 rings (SSSR count). The molecule has 0 bridgehead atoms. The minimum atomic E-state index is 0.124. The van der Waals surface area contributed by atoms with Crippen LogP contribution in [0.25, 0.3) is 0 Å². The Morgan fingerprint density at radius 2 is 1.67 bits per heavy atom. The standard InChI is InChI=1S/C18H31N3/c1-4-15-9-11-16(12-10-15)17(20-19)18(5-2,6-3)21-13-7-8-14-21/h9-12,17,20H,4-8,13-14,19H2,1-3H3. The number of nitrogens with zero attached hydrogens (tertiary/aromatic N) is 1. The molecule has 0 radical (unpaired) electrons. The van der Waals surface area contributed by atoms with E-state index in [1.54, 1.807) is 0 Å². The highest BCUT2D eigenvalue weighted by atomic mass is 15.3. The fourth-order valence-corrected chi connectivity index (χ4v) is 3.96. The summed E-state index contributed by atoms with van der Waals surface area (Å²) in [7, 11) is 0. The lowest BCUT2D eigenvalue weighted by Crippen LogP contribution is -2.56. The largest absolute Gasteiger partial charge is 0.296 e. The van der Waals surface area contributed by atoms with E-state index in [0.29, 0.717) is 0 Å². The summed E-state index contributed by atoms with van der Waals surface area (Å²) in [4.78, 5) is 2.66. The third kappa shape index (κ3) is 3.15. The monoisotopic (exact) mass is 289 g/mol. The van der Waals surface area contributed by atoms with Gasteiger partial charge in [-0.3, -0.25) is 16.2 Å². The van der Waals surface area contributed by atoms with Gasteiger partial charge in [0, 0.05) is 5.54 Å². The van der Waals surface area contributed by atoms with Crippen LogP contribution in [0.2, 0.25) is 0 Å². The van der Waals surface area contributed by atoms with E-state index in [4.69, 9.17) is 5.84 Å². The first kappa shape index (κ1) is 16.5. The van der Waals surface area contributed by atoms with Gasteiger partial charge in [-0.2, -0.15) is 0 Å². The molecule has 1 aromatic rings. The number of aryl methyl sites for hydroxylation is 1. The molecule has 1 heterocycles. The highest BCUT2D eigenvalue weighted by molar-refractivity contribution is 5.28. The Bertz CT molecular complexity index is 417. The second kappa shape index (κ2) is 7.39. The van der Waals surface area contributed by atoms with Gasteiger partial charge in [0.05, 0.1) is 6.04 Å². The van der Waals surface area contributed by atoms with Crippen LogP contribution < -0.4 is 11.3 Å². The molecule has 1 aliphatic rings. The average Bonchev–Trinajstić information content (AvgIpc) is 3.08. The third-order valence-corrected chi connectivity index (χ3v) is 5.39. The van der Waals surface area contributed by atoms with E-state index in [0.717, 1.165) is 19.3 Å². The Morgan fingerprint density at radius 3 is 2.10 bits per heavy atom. The number of benzene rings is 1. The second-order valence-corrected chi connectivity index (χ2v) is 6.20. The zero-order valence-corrected chi connectivity index (χ0v) is 13.9. The predicted octanol–water partition coefficient (Wildman–Crippen LogP) is 3.41. The van der Waals surface area contributed by atoms with Gasteiger partial charge in [0.2, 0.25) is 0 Å². The van der Waals surface area contributed by atoms with Gasteiger partial charge in [-0.25, -0.2) is 0 Å². The SMILES string of the molecule is CCc1ccc(C(NN)C(CC)(CC)N2CCCC2)cc1. The van der Waals surface area contributed by atoms with Crippen molar-refractivity contribution in [2.75, 3.05) is 13.1 Å². The summed E-state index contributed by atoms with van der Waals surface area (Å²) < 4.78 is 0. The molecule has 1 atom stereocenters. The molecule has 1 fully saturated rings. The molecule has 0 aromatic heterocycles. The van der Waals surface area contributed by atoms with Crippen molar-refractivity contribution >= 4 is 0 Å². The van der Waals surface area contributed by atoms with E-state index in [2.05, 4.69) is 55.4 Å².